The van der Waals surface area contributed by atoms with Crippen molar-refractivity contribution in [3.05, 3.63) is 76.2 Å². The van der Waals surface area contributed by atoms with Crippen LogP contribution in [0.1, 0.15) is 22.6 Å². The van der Waals surface area contributed by atoms with Crippen molar-refractivity contribution in [3.8, 4) is 11.6 Å². The van der Waals surface area contributed by atoms with Gasteiger partial charge in [0.05, 0.1) is 17.9 Å². The summed E-state index contributed by atoms with van der Waals surface area (Å²) in [7, 11) is 0. The molecule has 0 radical (unpaired) electrons. The third-order valence-electron chi connectivity index (χ3n) is 3.97. The Bertz CT molecular complexity index is 976. The molecule has 24 heavy (non-hydrogen) atoms. The molecular weight excluding hydrogens is 324 g/mol. The van der Waals surface area contributed by atoms with Gasteiger partial charge in [-0.25, -0.2) is 4.98 Å². The molecular formula is C18H13ClN4O. The summed E-state index contributed by atoms with van der Waals surface area (Å²) in [5, 5.41) is 18.4. The van der Waals surface area contributed by atoms with Crippen LogP contribution in [0, 0.1) is 5.41 Å². The normalized spacial score (nSPS) is 12.8. The number of hydrogen-bond donors (Lipinski definition) is 2. The molecule has 0 saturated carbocycles. The van der Waals surface area contributed by atoms with Gasteiger partial charge in [-0.1, -0.05) is 41.9 Å². The molecule has 3 aromatic rings. The second kappa shape index (κ2) is 5.62. The van der Waals surface area contributed by atoms with Gasteiger partial charge >= 0.3 is 0 Å². The molecule has 1 aromatic heterocycles. The molecule has 118 valence electrons. The van der Waals surface area contributed by atoms with Crippen LogP contribution in [-0.2, 0) is 6.54 Å². The summed E-state index contributed by atoms with van der Waals surface area (Å²) < 4.78 is 1.63. The standard InChI is InChI=1S/C18H13ClN4O/c19-12-6-7-15-13(8-12)17(11-4-2-1-3-5-11)21-10-16-22-14(9-20)18(24)23(15)16/h1-9,20,24H,10H2. The first-order chi connectivity index (χ1) is 11.7. The summed E-state index contributed by atoms with van der Waals surface area (Å²) in [5.74, 6) is 0.522. The van der Waals surface area contributed by atoms with Gasteiger partial charge in [-0.3, -0.25) is 9.56 Å². The molecule has 2 N–H and O–H groups in total. The number of rotatable bonds is 2. The highest BCUT2D eigenvalue weighted by Crippen LogP contribution is 2.32. The Morgan fingerprint density at radius 2 is 1.96 bits per heavy atom. The quantitative estimate of drug-likeness (QED) is 0.702. The van der Waals surface area contributed by atoms with Gasteiger partial charge < -0.3 is 10.5 Å². The van der Waals surface area contributed by atoms with E-state index in [-0.39, 0.29) is 11.6 Å². The molecule has 0 aliphatic carbocycles. The average Bonchev–Trinajstić information content (AvgIpc) is 2.83. The predicted octanol–water partition coefficient (Wildman–Crippen LogP) is 3.58. The zero-order valence-corrected chi connectivity index (χ0v) is 13.3. The van der Waals surface area contributed by atoms with E-state index in [2.05, 4.69) is 4.98 Å². The Morgan fingerprint density at radius 1 is 1.17 bits per heavy atom. The van der Waals surface area contributed by atoms with Crippen LogP contribution in [0.3, 0.4) is 0 Å². The van der Waals surface area contributed by atoms with Gasteiger partial charge in [0.1, 0.15) is 11.5 Å². The summed E-state index contributed by atoms with van der Waals surface area (Å²) in [6.45, 7) is 0.303. The van der Waals surface area contributed by atoms with Gasteiger partial charge in [-0.2, -0.15) is 0 Å². The van der Waals surface area contributed by atoms with Crippen LogP contribution in [0.5, 0.6) is 5.88 Å². The number of fused-ring (bicyclic) bond motifs is 3. The smallest absolute Gasteiger partial charge is 0.225 e. The molecule has 0 atom stereocenters. The van der Waals surface area contributed by atoms with Crippen LogP contribution in [0.25, 0.3) is 5.69 Å². The van der Waals surface area contributed by atoms with Crippen molar-refractivity contribution in [2.45, 2.75) is 6.54 Å². The first-order valence-electron chi connectivity index (χ1n) is 7.40. The second-order valence-corrected chi connectivity index (χ2v) is 5.85. The van der Waals surface area contributed by atoms with E-state index in [0.717, 1.165) is 28.7 Å². The van der Waals surface area contributed by atoms with Crippen molar-refractivity contribution in [1.82, 2.24) is 9.55 Å². The number of nitrogens with zero attached hydrogens (tertiary/aromatic N) is 3. The van der Waals surface area contributed by atoms with Gasteiger partial charge in [0, 0.05) is 22.4 Å². The number of hydrogen-bond acceptors (Lipinski definition) is 4. The maximum absolute atomic E-state index is 10.4. The third kappa shape index (κ3) is 2.21. The minimum Gasteiger partial charge on any atom is -0.493 e. The lowest BCUT2D eigenvalue weighted by molar-refractivity contribution is 0.439. The van der Waals surface area contributed by atoms with E-state index in [9.17, 15) is 5.11 Å². The Balaban J connectivity index is 2.02. The molecule has 4 rings (SSSR count). The molecule has 0 bridgehead atoms. The van der Waals surface area contributed by atoms with Gasteiger partial charge in [-0.05, 0) is 18.2 Å². The molecule has 0 amide bonds. The largest absolute Gasteiger partial charge is 0.493 e. The molecule has 1 aliphatic rings. The summed E-state index contributed by atoms with van der Waals surface area (Å²) in [6.07, 6.45) is 1.04. The summed E-state index contributed by atoms with van der Waals surface area (Å²) >= 11 is 6.20. The van der Waals surface area contributed by atoms with E-state index in [1.54, 1.807) is 10.6 Å². The molecule has 0 fully saturated rings. The van der Waals surface area contributed by atoms with Crippen LogP contribution in [-0.4, -0.2) is 26.6 Å². The van der Waals surface area contributed by atoms with Crippen molar-refractivity contribution in [2.24, 2.45) is 4.99 Å². The van der Waals surface area contributed by atoms with Gasteiger partial charge in [0.15, 0.2) is 0 Å². The topological polar surface area (TPSA) is 74.3 Å². The van der Waals surface area contributed by atoms with Gasteiger partial charge in [0.2, 0.25) is 5.88 Å². The van der Waals surface area contributed by atoms with Crippen molar-refractivity contribution < 1.29 is 5.11 Å². The number of nitrogens with one attached hydrogen (secondary N) is 1. The van der Waals surface area contributed by atoms with Gasteiger partial charge in [0.25, 0.3) is 0 Å². The van der Waals surface area contributed by atoms with Crippen molar-refractivity contribution in [2.75, 3.05) is 0 Å². The molecule has 1 aliphatic heterocycles. The van der Waals surface area contributed by atoms with Gasteiger partial charge in [-0.15, -0.1) is 0 Å². The number of imidazole rings is 1. The minimum atomic E-state index is -0.0620. The molecule has 2 aromatic carbocycles. The molecule has 5 nitrogen and oxygen atoms in total. The van der Waals surface area contributed by atoms with Crippen LogP contribution in [0.4, 0.5) is 0 Å². The van der Waals surface area contributed by atoms with Crippen molar-refractivity contribution in [3.63, 3.8) is 0 Å². The van der Waals surface area contributed by atoms with Crippen LogP contribution < -0.4 is 0 Å². The van der Waals surface area contributed by atoms with Crippen molar-refractivity contribution >= 4 is 23.5 Å². The van der Waals surface area contributed by atoms with Crippen LogP contribution in [0.2, 0.25) is 5.02 Å². The van der Waals surface area contributed by atoms with E-state index >= 15 is 0 Å². The Morgan fingerprint density at radius 3 is 2.71 bits per heavy atom. The fraction of sp³-hybridized carbons (Fsp3) is 0.0556. The minimum absolute atomic E-state index is 0.0620. The molecule has 2 heterocycles. The summed E-state index contributed by atoms with van der Waals surface area (Å²) in [4.78, 5) is 9.00. The number of aliphatic imine (C=N–C) groups is 1. The number of aromatic hydroxyl groups is 1. The second-order valence-electron chi connectivity index (χ2n) is 5.41. The fourth-order valence-electron chi connectivity index (χ4n) is 2.90. The van der Waals surface area contributed by atoms with E-state index in [1.807, 2.05) is 42.5 Å². The first-order valence-corrected chi connectivity index (χ1v) is 7.78. The van der Waals surface area contributed by atoms with E-state index in [1.165, 1.54) is 0 Å². The fourth-order valence-corrected chi connectivity index (χ4v) is 3.07. The maximum Gasteiger partial charge on any atom is 0.225 e. The lowest BCUT2D eigenvalue weighted by Gasteiger charge is -2.13. The predicted molar refractivity (Wildman–Crippen MR) is 93.9 cm³/mol. The maximum atomic E-state index is 10.4. The van der Waals surface area contributed by atoms with Crippen LogP contribution >= 0.6 is 11.6 Å². The van der Waals surface area contributed by atoms with Crippen molar-refractivity contribution in [1.29, 1.82) is 5.41 Å². The van der Waals surface area contributed by atoms with E-state index in [0.29, 0.717) is 17.4 Å². The highest BCUT2D eigenvalue weighted by atomic mass is 35.5. The molecule has 0 unspecified atom stereocenters. The lowest BCUT2D eigenvalue weighted by Crippen LogP contribution is -2.07. The number of aromatic nitrogens is 2. The van der Waals surface area contributed by atoms with E-state index < -0.39 is 0 Å². The monoisotopic (exact) mass is 336 g/mol. The first kappa shape index (κ1) is 14.7. The molecule has 0 spiro atoms. The van der Waals surface area contributed by atoms with Crippen LogP contribution in [0.15, 0.2) is 53.5 Å². The number of halogens is 1. The molecule has 6 heteroatoms. The summed E-state index contributed by atoms with van der Waals surface area (Å²) in [6, 6.07) is 15.3. The number of benzene rings is 2. The average molecular weight is 337 g/mol. The Labute approximate surface area is 143 Å². The lowest BCUT2D eigenvalue weighted by atomic mass is 10.0. The third-order valence-corrected chi connectivity index (χ3v) is 4.20. The Hall–Kier alpha value is -2.92. The zero-order valence-electron chi connectivity index (χ0n) is 12.6. The van der Waals surface area contributed by atoms with E-state index in [4.69, 9.17) is 22.0 Å². The summed E-state index contributed by atoms with van der Waals surface area (Å²) in [5.41, 5.74) is 3.56. The Kier molecular flexibility index (Phi) is 3.43. The highest BCUT2D eigenvalue weighted by molar-refractivity contribution is 6.31. The zero-order chi connectivity index (χ0) is 16.7. The molecule has 0 saturated heterocycles. The SMILES string of the molecule is N=Cc1nc2n(c1O)-c1ccc(Cl)cc1C(c1ccccc1)=NC2. The highest BCUT2D eigenvalue weighted by Gasteiger charge is 2.24.